The number of aliphatic hydroxyl groups excluding tert-OH is 3. The Morgan fingerprint density at radius 2 is 2.11 bits per heavy atom. The molecular formula is C5H10O4. The van der Waals surface area contributed by atoms with Crippen LogP contribution in [0.15, 0.2) is 0 Å². The van der Waals surface area contributed by atoms with Crippen molar-refractivity contribution in [2.24, 2.45) is 0 Å². The maximum Gasteiger partial charge on any atom is 0.157 e. The summed E-state index contributed by atoms with van der Waals surface area (Å²) in [6.07, 6.45) is -2.02. The molecule has 0 saturated carbocycles. The summed E-state index contributed by atoms with van der Waals surface area (Å²) in [7, 11) is 0. The van der Waals surface area contributed by atoms with Gasteiger partial charge in [-0.25, -0.2) is 0 Å². The zero-order chi connectivity index (χ0) is 6.85. The fourth-order valence-corrected chi connectivity index (χ4v) is 0.871. The molecule has 4 nitrogen and oxygen atoms in total. The van der Waals surface area contributed by atoms with Gasteiger partial charge in [0.25, 0.3) is 0 Å². The van der Waals surface area contributed by atoms with Gasteiger partial charge in [-0.3, -0.25) is 0 Å². The van der Waals surface area contributed by atoms with Crippen LogP contribution in [-0.2, 0) is 4.74 Å². The van der Waals surface area contributed by atoms with Gasteiger partial charge in [0.05, 0.1) is 12.7 Å². The van der Waals surface area contributed by atoms with Crippen molar-refractivity contribution in [2.75, 3.05) is 6.61 Å². The van der Waals surface area contributed by atoms with Crippen LogP contribution >= 0.6 is 0 Å². The third kappa shape index (κ3) is 1.40. The van der Waals surface area contributed by atoms with Gasteiger partial charge in [0.2, 0.25) is 0 Å². The molecule has 3 N–H and O–H groups in total. The van der Waals surface area contributed by atoms with E-state index in [9.17, 15) is 0 Å². The molecule has 0 aromatic rings. The zero-order valence-corrected chi connectivity index (χ0v) is 4.90. The molecule has 1 saturated heterocycles. The molecule has 3 atom stereocenters. The molecule has 9 heavy (non-hydrogen) atoms. The minimum atomic E-state index is -0.905. The Hall–Kier alpha value is -0.160. The average molecular weight is 134 g/mol. The van der Waals surface area contributed by atoms with E-state index in [2.05, 4.69) is 4.74 Å². The lowest BCUT2D eigenvalue weighted by atomic mass is 10.2. The first-order valence-electron chi connectivity index (χ1n) is 2.86. The van der Waals surface area contributed by atoms with Crippen LogP contribution in [0.1, 0.15) is 6.42 Å². The highest BCUT2D eigenvalue weighted by molar-refractivity contribution is 4.75. The van der Waals surface area contributed by atoms with E-state index >= 15 is 0 Å². The molecule has 0 bridgehead atoms. The SMILES string of the molecule is OC[C@H]1O[C@@H](O)CC1O. The first kappa shape index (κ1) is 6.95. The van der Waals surface area contributed by atoms with Crippen molar-refractivity contribution in [1.82, 2.24) is 0 Å². The van der Waals surface area contributed by atoms with E-state index in [0.29, 0.717) is 0 Å². The van der Waals surface area contributed by atoms with Gasteiger partial charge in [-0.15, -0.1) is 0 Å². The predicted molar refractivity (Wildman–Crippen MR) is 28.6 cm³/mol. The van der Waals surface area contributed by atoms with Crippen molar-refractivity contribution in [3.05, 3.63) is 0 Å². The molecule has 1 unspecified atom stereocenters. The molecule has 0 aromatic heterocycles. The van der Waals surface area contributed by atoms with Crippen molar-refractivity contribution >= 4 is 0 Å². The highest BCUT2D eigenvalue weighted by Gasteiger charge is 2.31. The van der Waals surface area contributed by atoms with E-state index in [1.165, 1.54) is 0 Å². The predicted octanol–water partition coefficient (Wildman–Crippen LogP) is -1.55. The lowest BCUT2D eigenvalue weighted by Gasteiger charge is -2.08. The third-order valence-electron chi connectivity index (χ3n) is 1.38. The molecule has 0 amide bonds. The topological polar surface area (TPSA) is 69.9 Å². The average Bonchev–Trinajstić information content (AvgIpc) is 2.10. The number of ether oxygens (including phenoxy) is 1. The third-order valence-corrected chi connectivity index (χ3v) is 1.38. The summed E-state index contributed by atoms with van der Waals surface area (Å²) in [5.74, 6) is 0. The van der Waals surface area contributed by atoms with E-state index in [1.54, 1.807) is 0 Å². The Morgan fingerprint density at radius 1 is 1.44 bits per heavy atom. The number of hydrogen-bond donors (Lipinski definition) is 3. The minimum Gasteiger partial charge on any atom is -0.394 e. The maximum absolute atomic E-state index is 8.91. The fourth-order valence-electron chi connectivity index (χ4n) is 0.871. The van der Waals surface area contributed by atoms with Crippen molar-refractivity contribution in [1.29, 1.82) is 0 Å². The summed E-state index contributed by atoms with van der Waals surface area (Å²) in [4.78, 5) is 0. The molecule has 0 aliphatic carbocycles. The summed E-state index contributed by atoms with van der Waals surface area (Å²) >= 11 is 0. The van der Waals surface area contributed by atoms with Gasteiger partial charge >= 0.3 is 0 Å². The van der Waals surface area contributed by atoms with Gasteiger partial charge in [-0.05, 0) is 0 Å². The number of rotatable bonds is 1. The standard InChI is InChI=1S/C5H10O4/c6-2-4-3(7)1-5(8)9-4/h3-8H,1-2H2/t3?,4-,5-/m1/s1. The first-order chi connectivity index (χ1) is 4.24. The van der Waals surface area contributed by atoms with Crippen LogP contribution in [-0.4, -0.2) is 40.4 Å². The quantitative estimate of drug-likeness (QED) is 0.406. The Labute approximate surface area is 52.7 Å². The normalized spacial score (nSPS) is 43.7. The first-order valence-corrected chi connectivity index (χ1v) is 2.86. The second-order valence-electron chi connectivity index (χ2n) is 2.11. The summed E-state index contributed by atoms with van der Waals surface area (Å²) in [6, 6.07) is 0. The summed E-state index contributed by atoms with van der Waals surface area (Å²) in [5.41, 5.74) is 0. The lowest BCUT2D eigenvalue weighted by molar-refractivity contribution is -0.107. The van der Waals surface area contributed by atoms with Gasteiger partial charge in [0.1, 0.15) is 6.10 Å². The second-order valence-corrected chi connectivity index (χ2v) is 2.11. The zero-order valence-electron chi connectivity index (χ0n) is 4.90. The molecule has 1 rings (SSSR count). The highest BCUT2D eigenvalue weighted by atomic mass is 16.6. The van der Waals surface area contributed by atoms with Crippen molar-refractivity contribution < 1.29 is 20.1 Å². The van der Waals surface area contributed by atoms with Gasteiger partial charge in [-0.2, -0.15) is 0 Å². The Balaban J connectivity index is 2.38. The number of aliphatic hydroxyl groups is 3. The van der Waals surface area contributed by atoms with E-state index in [4.69, 9.17) is 15.3 Å². The van der Waals surface area contributed by atoms with Crippen LogP contribution in [0.2, 0.25) is 0 Å². The van der Waals surface area contributed by atoms with Crippen molar-refractivity contribution in [2.45, 2.75) is 24.9 Å². The van der Waals surface area contributed by atoms with Crippen LogP contribution in [0.25, 0.3) is 0 Å². The molecular weight excluding hydrogens is 124 g/mol. The highest BCUT2D eigenvalue weighted by Crippen LogP contribution is 2.17. The molecule has 0 radical (unpaired) electrons. The molecule has 1 heterocycles. The molecule has 1 aliphatic heterocycles. The van der Waals surface area contributed by atoms with Crippen LogP contribution in [0.5, 0.6) is 0 Å². The van der Waals surface area contributed by atoms with E-state index < -0.39 is 18.5 Å². The van der Waals surface area contributed by atoms with Gasteiger partial charge in [0, 0.05) is 6.42 Å². The van der Waals surface area contributed by atoms with E-state index in [-0.39, 0.29) is 13.0 Å². The molecule has 4 heteroatoms. The van der Waals surface area contributed by atoms with E-state index in [0.717, 1.165) is 0 Å². The van der Waals surface area contributed by atoms with E-state index in [1.807, 2.05) is 0 Å². The van der Waals surface area contributed by atoms with Crippen LogP contribution in [0.3, 0.4) is 0 Å². The molecule has 1 aliphatic rings. The molecule has 0 aromatic carbocycles. The second kappa shape index (κ2) is 2.62. The summed E-state index contributed by atoms with van der Waals surface area (Å²) in [5, 5.41) is 26.1. The maximum atomic E-state index is 8.91. The van der Waals surface area contributed by atoms with Gasteiger partial charge in [-0.1, -0.05) is 0 Å². The molecule has 1 fully saturated rings. The van der Waals surface area contributed by atoms with Crippen molar-refractivity contribution in [3.63, 3.8) is 0 Å². The van der Waals surface area contributed by atoms with Crippen LogP contribution in [0, 0.1) is 0 Å². The molecule has 54 valence electrons. The number of hydrogen-bond acceptors (Lipinski definition) is 4. The van der Waals surface area contributed by atoms with Crippen LogP contribution in [0.4, 0.5) is 0 Å². The van der Waals surface area contributed by atoms with Gasteiger partial charge < -0.3 is 20.1 Å². The minimum absolute atomic E-state index is 0.200. The largest absolute Gasteiger partial charge is 0.394 e. The monoisotopic (exact) mass is 134 g/mol. The Bertz CT molecular complexity index is 95.0. The fraction of sp³-hybridized carbons (Fsp3) is 1.00. The summed E-state index contributed by atoms with van der Waals surface area (Å²) in [6.45, 7) is -0.238. The molecule has 0 spiro atoms. The van der Waals surface area contributed by atoms with Gasteiger partial charge in [0.15, 0.2) is 6.29 Å². The van der Waals surface area contributed by atoms with Crippen LogP contribution < -0.4 is 0 Å². The summed E-state index contributed by atoms with van der Waals surface area (Å²) < 4.78 is 4.68. The lowest BCUT2D eigenvalue weighted by Crippen LogP contribution is -2.24. The Morgan fingerprint density at radius 3 is 2.33 bits per heavy atom. The van der Waals surface area contributed by atoms with Crippen molar-refractivity contribution in [3.8, 4) is 0 Å². The smallest absolute Gasteiger partial charge is 0.157 e. The Kier molecular flexibility index (Phi) is 2.02.